The molecule has 3 aromatic rings. The average molecular weight is 493 g/mol. The number of aryl methyl sites for hydroxylation is 1. The van der Waals surface area contributed by atoms with Crippen LogP contribution in [0.5, 0.6) is 5.75 Å². The van der Waals surface area contributed by atoms with Crippen LogP contribution in [0.25, 0.3) is 10.9 Å². The lowest BCUT2D eigenvalue weighted by Gasteiger charge is -2.38. The van der Waals surface area contributed by atoms with Crippen LogP contribution in [-0.4, -0.2) is 62.8 Å². The number of aromatic nitrogens is 3. The van der Waals surface area contributed by atoms with E-state index >= 15 is 0 Å². The van der Waals surface area contributed by atoms with Crippen molar-refractivity contribution in [2.24, 2.45) is 11.8 Å². The van der Waals surface area contributed by atoms with E-state index < -0.39 is 12.1 Å². The molecule has 8 heteroatoms. The van der Waals surface area contributed by atoms with Gasteiger partial charge in [0.25, 0.3) is 0 Å². The van der Waals surface area contributed by atoms with Gasteiger partial charge < -0.3 is 19.8 Å². The van der Waals surface area contributed by atoms with Crippen molar-refractivity contribution < 1.29 is 19.7 Å². The summed E-state index contributed by atoms with van der Waals surface area (Å²) in [4.78, 5) is 26.7. The lowest BCUT2D eigenvalue weighted by molar-refractivity contribution is -0.139. The highest BCUT2D eigenvalue weighted by atomic mass is 16.5. The third kappa shape index (κ3) is 6.98. The van der Waals surface area contributed by atoms with Crippen molar-refractivity contribution in [2.45, 2.75) is 51.0 Å². The van der Waals surface area contributed by atoms with E-state index in [0.717, 1.165) is 79.6 Å². The number of ether oxygens (including phenoxy) is 1. The van der Waals surface area contributed by atoms with Crippen molar-refractivity contribution in [3.8, 4) is 5.75 Å². The summed E-state index contributed by atoms with van der Waals surface area (Å²) in [6, 6.07) is 9.50. The maximum absolute atomic E-state index is 11.6. The zero-order chi connectivity index (χ0) is 25.3. The van der Waals surface area contributed by atoms with Gasteiger partial charge in [0, 0.05) is 36.4 Å². The smallest absolute Gasteiger partial charge is 0.303 e. The fourth-order valence-electron chi connectivity index (χ4n) is 5.39. The van der Waals surface area contributed by atoms with Gasteiger partial charge in [-0.25, -0.2) is 9.97 Å². The van der Waals surface area contributed by atoms with E-state index in [0.29, 0.717) is 6.42 Å². The van der Waals surface area contributed by atoms with Gasteiger partial charge in [-0.2, -0.15) is 0 Å². The Labute approximate surface area is 212 Å². The topological polar surface area (TPSA) is 109 Å². The Kier molecular flexibility index (Phi) is 9.19. The summed E-state index contributed by atoms with van der Waals surface area (Å²) in [6.45, 7) is 2.75. The van der Waals surface area contributed by atoms with E-state index in [-0.39, 0.29) is 18.3 Å². The van der Waals surface area contributed by atoms with E-state index in [9.17, 15) is 15.0 Å². The summed E-state index contributed by atoms with van der Waals surface area (Å²) >= 11 is 0. The molecule has 0 unspecified atom stereocenters. The number of piperidine rings is 1. The number of fused-ring (bicyclic) bond motifs is 1. The monoisotopic (exact) mass is 492 g/mol. The lowest BCUT2D eigenvalue weighted by Crippen LogP contribution is -2.41. The summed E-state index contributed by atoms with van der Waals surface area (Å²) in [5.41, 5.74) is 2.73. The molecule has 3 heterocycles. The third-order valence-electron chi connectivity index (χ3n) is 7.37. The molecule has 0 spiro atoms. The normalized spacial score (nSPS) is 19.3. The second kappa shape index (κ2) is 12.7. The van der Waals surface area contributed by atoms with Gasteiger partial charge in [0.15, 0.2) is 0 Å². The number of unbranched alkanes of at least 4 members (excludes halogenated alkanes) is 1. The minimum atomic E-state index is -0.747. The van der Waals surface area contributed by atoms with Crippen LogP contribution in [0.4, 0.5) is 0 Å². The molecular formula is C28H36N4O4. The molecule has 1 fully saturated rings. The van der Waals surface area contributed by atoms with Gasteiger partial charge in [-0.15, -0.1) is 0 Å². The Morgan fingerprint density at radius 3 is 2.83 bits per heavy atom. The molecule has 36 heavy (non-hydrogen) atoms. The number of methoxy groups -OCH3 is 1. The van der Waals surface area contributed by atoms with Crippen molar-refractivity contribution in [3.63, 3.8) is 0 Å². The number of rotatable bonds is 12. The Bertz CT molecular complexity index is 1130. The molecule has 1 aliphatic rings. The zero-order valence-electron chi connectivity index (χ0n) is 20.9. The number of benzene rings is 1. The van der Waals surface area contributed by atoms with Crippen molar-refractivity contribution in [2.75, 3.05) is 26.7 Å². The number of pyridine rings is 1. The molecule has 2 N–H and O–H groups in total. The predicted molar refractivity (Wildman–Crippen MR) is 138 cm³/mol. The van der Waals surface area contributed by atoms with Gasteiger partial charge in [0.2, 0.25) is 0 Å². The van der Waals surface area contributed by atoms with Crippen molar-refractivity contribution in [1.82, 2.24) is 19.9 Å². The number of carboxylic acids is 1. The quantitative estimate of drug-likeness (QED) is 0.361. The van der Waals surface area contributed by atoms with Crippen LogP contribution in [0, 0.1) is 11.8 Å². The van der Waals surface area contributed by atoms with Crippen LogP contribution in [-0.2, 0) is 11.2 Å². The molecule has 0 radical (unpaired) electrons. The Balaban J connectivity index is 1.31. The summed E-state index contributed by atoms with van der Waals surface area (Å²) in [5.74, 6) is 0.369. The SMILES string of the molecule is COc1ccc2nccc([C@@H](O)CC[C@@H]3CCN(CCCCc4ccncn4)C[C@@H]3CC(=O)O)c2c1. The molecule has 1 aliphatic heterocycles. The second-order valence-corrected chi connectivity index (χ2v) is 9.74. The van der Waals surface area contributed by atoms with Crippen LogP contribution in [0.2, 0.25) is 0 Å². The molecular weight excluding hydrogens is 456 g/mol. The van der Waals surface area contributed by atoms with E-state index in [1.54, 1.807) is 25.8 Å². The number of aliphatic hydroxyl groups is 1. The van der Waals surface area contributed by atoms with E-state index in [4.69, 9.17) is 4.74 Å². The fourth-order valence-corrected chi connectivity index (χ4v) is 5.39. The van der Waals surface area contributed by atoms with Gasteiger partial charge >= 0.3 is 5.97 Å². The van der Waals surface area contributed by atoms with Crippen molar-refractivity contribution in [3.05, 3.63) is 60.3 Å². The summed E-state index contributed by atoms with van der Waals surface area (Å²) in [6.07, 6.45) is 10.0. The van der Waals surface area contributed by atoms with Gasteiger partial charge in [0.05, 0.1) is 18.7 Å². The summed E-state index contributed by atoms with van der Waals surface area (Å²) < 4.78 is 5.36. The Morgan fingerprint density at radius 2 is 2.06 bits per heavy atom. The highest BCUT2D eigenvalue weighted by molar-refractivity contribution is 5.83. The molecule has 4 rings (SSSR count). The average Bonchev–Trinajstić information content (AvgIpc) is 2.90. The number of nitrogens with zero attached hydrogens (tertiary/aromatic N) is 4. The zero-order valence-corrected chi connectivity index (χ0v) is 20.9. The highest BCUT2D eigenvalue weighted by Crippen LogP contribution is 2.34. The van der Waals surface area contributed by atoms with Crippen LogP contribution in [0.3, 0.4) is 0 Å². The number of hydrogen-bond acceptors (Lipinski definition) is 7. The third-order valence-corrected chi connectivity index (χ3v) is 7.37. The van der Waals surface area contributed by atoms with Crippen LogP contribution in [0.15, 0.2) is 49.1 Å². The number of hydrogen-bond donors (Lipinski definition) is 2. The van der Waals surface area contributed by atoms with Crippen LogP contribution < -0.4 is 4.74 Å². The highest BCUT2D eigenvalue weighted by Gasteiger charge is 2.31. The van der Waals surface area contributed by atoms with E-state index in [2.05, 4.69) is 19.9 Å². The Hall–Kier alpha value is -3.10. The maximum atomic E-state index is 11.6. The molecule has 1 saturated heterocycles. The number of carbonyl (C=O) groups is 1. The fraction of sp³-hybridized carbons (Fsp3) is 0.500. The molecule has 2 aromatic heterocycles. The molecule has 0 aliphatic carbocycles. The van der Waals surface area contributed by atoms with Crippen molar-refractivity contribution >= 4 is 16.9 Å². The van der Waals surface area contributed by atoms with E-state index in [1.807, 2.05) is 30.3 Å². The molecule has 8 nitrogen and oxygen atoms in total. The predicted octanol–water partition coefficient (Wildman–Crippen LogP) is 4.28. The molecule has 3 atom stereocenters. The van der Waals surface area contributed by atoms with E-state index in [1.165, 1.54) is 0 Å². The number of carboxylic acid groups (broad SMARTS) is 1. The molecule has 0 amide bonds. The second-order valence-electron chi connectivity index (χ2n) is 9.74. The first-order valence-electron chi connectivity index (χ1n) is 12.8. The van der Waals surface area contributed by atoms with Gasteiger partial charge in [0.1, 0.15) is 12.1 Å². The van der Waals surface area contributed by atoms with Gasteiger partial charge in [-0.1, -0.05) is 0 Å². The maximum Gasteiger partial charge on any atom is 0.303 e. The molecule has 1 aromatic carbocycles. The summed E-state index contributed by atoms with van der Waals surface area (Å²) in [7, 11) is 1.63. The van der Waals surface area contributed by atoms with Crippen molar-refractivity contribution in [1.29, 1.82) is 0 Å². The van der Waals surface area contributed by atoms with Gasteiger partial charge in [-0.3, -0.25) is 9.78 Å². The largest absolute Gasteiger partial charge is 0.497 e. The van der Waals surface area contributed by atoms with Crippen LogP contribution in [0.1, 0.15) is 55.9 Å². The van der Waals surface area contributed by atoms with Crippen LogP contribution >= 0.6 is 0 Å². The number of likely N-dealkylation sites (tertiary alicyclic amines) is 1. The standard InChI is InChI=1S/C28H36N4O4/c1-36-23-6-7-26-25(17-23)24(10-13-30-26)27(33)8-5-20-11-15-32(18-21(20)16-28(34)35)14-3-2-4-22-9-12-29-19-31-22/h6-7,9-10,12-13,17,19-21,27,33H,2-5,8,11,14-16,18H2,1H3,(H,34,35)/t20-,21+,27+/m1/s1. The minimum absolute atomic E-state index is 0.0968. The summed E-state index contributed by atoms with van der Waals surface area (Å²) in [5, 5.41) is 21.5. The Morgan fingerprint density at radius 1 is 1.17 bits per heavy atom. The number of aliphatic hydroxyl groups excluding tert-OH is 1. The molecule has 0 bridgehead atoms. The first-order chi connectivity index (χ1) is 17.5. The number of aliphatic carboxylic acids is 1. The first kappa shape index (κ1) is 26.0. The molecule has 0 saturated carbocycles. The first-order valence-corrected chi connectivity index (χ1v) is 12.8. The molecule has 192 valence electrons. The van der Waals surface area contributed by atoms with Gasteiger partial charge in [-0.05, 0) is 99.3 Å². The lowest BCUT2D eigenvalue weighted by atomic mass is 9.79. The minimum Gasteiger partial charge on any atom is -0.497 e.